The number of hydrogen-bond acceptors (Lipinski definition) is 2. The van der Waals surface area contributed by atoms with Gasteiger partial charge in [-0.15, -0.1) is 0 Å². The Balaban J connectivity index is 1.79. The van der Waals surface area contributed by atoms with Crippen molar-refractivity contribution in [2.24, 2.45) is 18.1 Å². The molecule has 1 aromatic heterocycles. The van der Waals surface area contributed by atoms with Crippen LogP contribution in [-0.2, 0) is 13.5 Å². The Morgan fingerprint density at radius 2 is 2.23 bits per heavy atom. The molecule has 2 heterocycles. The third-order valence-corrected chi connectivity index (χ3v) is 5.52. The fraction of sp³-hybridized carbons (Fsp3) is 0.529. The van der Waals surface area contributed by atoms with Crippen LogP contribution in [-0.4, -0.2) is 35.6 Å². The zero-order chi connectivity index (χ0) is 15.3. The van der Waals surface area contributed by atoms with Crippen LogP contribution in [0.2, 0.25) is 0 Å². The Bertz CT molecular complexity index is 771. The van der Waals surface area contributed by atoms with Crippen LogP contribution in [0.4, 0.5) is 0 Å². The van der Waals surface area contributed by atoms with E-state index in [1.165, 1.54) is 22.0 Å². The Morgan fingerprint density at radius 3 is 3.05 bits per heavy atom. The van der Waals surface area contributed by atoms with Gasteiger partial charge in [0.25, 0.3) is 0 Å². The lowest BCUT2D eigenvalue weighted by Crippen LogP contribution is -2.48. The number of aryl methyl sites for hydroxylation is 1. The van der Waals surface area contributed by atoms with Gasteiger partial charge in [0.2, 0.25) is 0 Å². The fourth-order valence-corrected chi connectivity index (χ4v) is 4.62. The van der Waals surface area contributed by atoms with E-state index in [0.29, 0.717) is 24.4 Å². The summed E-state index contributed by atoms with van der Waals surface area (Å²) < 4.78 is 2.25. The molecule has 5 nitrogen and oxygen atoms in total. The van der Waals surface area contributed by atoms with Gasteiger partial charge in [0.1, 0.15) is 0 Å². The molecule has 0 amide bonds. The molecular weight excluding hydrogens is 274 g/mol. The first kappa shape index (κ1) is 13.7. The molecule has 0 saturated carbocycles. The van der Waals surface area contributed by atoms with Crippen LogP contribution in [0.15, 0.2) is 29.5 Å². The fourth-order valence-electron chi connectivity index (χ4n) is 4.62. The zero-order valence-corrected chi connectivity index (χ0v) is 13.1. The third kappa shape index (κ3) is 1.93. The standard InChI is InChI=1S/C17H21N5/c1-21-9-11(8-19-20-18)6-14-13-4-3-5-15-17(13)12(7-16(14)21)10-22(15)2/h3-5,10-11,14,16H,6-9H2,1-2H3/t11-,14+,16+/m0/s1. The summed E-state index contributed by atoms with van der Waals surface area (Å²) in [6.45, 7) is 1.64. The summed E-state index contributed by atoms with van der Waals surface area (Å²) in [7, 11) is 4.35. The van der Waals surface area contributed by atoms with E-state index in [0.717, 1.165) is 19.4 Å². The number of aromatic nitrogens is 1. The van der Waals surface area contributed by atoms with E-state index in [4.69, 9.17) is 5.53 Å². The van der Waals surface area contributed by atoms with Gasteiger partial charge in [0.15, 0.2) is 0 Å². The zero-order valence-electron chi connectivity index (χ0n) is 13.1. The first-order valence-corrected chi connectivity index (χ1v) is 7.97. The van der Waals surface area contributed by atoms with Crippen molar-refractivity contribution in [2.45, 2.75) is 24.8 Å². The molecule has 1 fully saturated rings. The topological polar surface area (TPSA) is 56.9 Å². The van der Waals surface area contributed by atoms with E-state index in [2.05, 4.69) is 58.0 Å². The minimum absolute atomic E-state index is 0.461. The summed E-state index contributed by atoms with van der Waals surface area (Å²) in [4.78, 5) is 5.41. The molecule has 114 valence electrons. The lowest BCUT2D eigenvalue weighted by molar-refractivity contribution is 0.115. The highest BCUT2D eigenvalue weighted by atomic mass is 15.2. The molecule has 1 aliphatic carbocycles. The highest BCUT2D eigenvalue weighted by Crippen LogP contribution is 2.44. The summed E-state index contributed by atoms with van der Waals surface area (Å²) in [5, 5.41) is 5.28. The molecule has 1 aromatic carbocycles. The molecule has 1 aliphatic heterocycles. The Morgan fingerprint density at radius 1 is 1.36 bits per heavy atom. The van der Waals surface area contributed by atoms with Crippen LogP contribution in [0.25, 0.3) is 21.3 Å². The van der Waals surface area contributed by atoms with Gasteiger partial charge < -0.3 is 9.47 Å². The largest absolute Gasteiger partial charge is 0.350 e. The quantitative estimate of drug-likeness (QED) is 0.475. The molecule has 3 atom stereocenters. The molecule has 0 radical (unpaired) electrons. The molecule has 0 bridgehead atoms. The highest BCUT2D eigenvalue weighted by Gasteiger charge is 2.39. The maximum Gasteiger partial charge on any atom is 0.0483 e. The van der Waals surface area contributed by atoms with Crippen LogP contribution in [0.1, 0.15) is 23.5 Å². The molecule has 0 spiro atoms. The van der Waals surface area contributed by atoms with Crippen molar-refractivity contribution < 1.29 is 0 Å². The van der Waals surface area contributed by atoms with E-state index in [1.807, 2.05) is 0 Å². The first-order valence-electron chi connectivity index (χ1n) is 7.97. The van der Waals surface area contributed by atoms with Gasteiger partial charge in [0.05, 0.1) is 0 Å². The normalized spacial score (nSPS) is 27.5. The highest BCUT2D eigenvalue weighted by molar-refractivity contribution is 5.89. The summed E-state index contributed by atoms with van der Waals surface area (Å²) in [6, 6.07) is 7.27. The van der Waals surface area contributed by atoms with E-state index in [9.17, 15) is 0 Å². The summed E-state index contributed by atoms with van der Waals surface area (Å²) in [5.74, 6) is 1.01. The van der Waals surface area contributed by atoms with Gasteiger partial charge in [-0.3, -0.25) is 0 Å². The van der Waals surface area contributed by atoms with Crippen molar-refractivity contribution >= 4 is 10.9 Å². The van der Waals surface area contributed by atoms with Crippen molar-refractivity contribution in [3.05, 3.63) is 46.0 Å². The van der Waals surface area contributed by atoms with Gasteiger partial charge in [-0.05, 0) is 48.5 Å². The van der Waals surface area contributed by atoms with Crippen LogP contribution >= 0.6 is 0 Å². The number of likely N-dealkylation sites (tertiary alicyclic amines) is 1. The van der Waals surface area contributed by atoms with E-state index >= 15 is 0 Å². The minimum Gasteiger partial charge on any atom is -0.350 e. The smallest absolute Gasteiger partial charge is 0.0483 e. The number of azide groups is 1. The van der Waals surface area contributed by atoms with E-state index < -0.39 is 0 Å². The molecule has 22 heavy (non-hydrogen) atoms. The monoisotopic (exact) mass is 295 g/mol. The Kier molecular flexibility index (Phi) is 3.13. The minimum atomic E-state index is 0.461. The van der Waals surface area contributed by atoms with Gasteiger partial charge >= 0.3 is 0 Å². The van der Waals surface area contributed by atoms with Crippen LogP contribution < -0.4 is 0 Å². The maximum atomic E-state index is 8.59. The van der Waals surface area contributed by atoms with Gasteiger partial charge in [-0.25, -0.2) is 0 Å². The second-order valence-electron chi connectivity index (χ2n) is 6.84. The first-order chi connectivity index (χ1) is 10.7. The predicted octanol–water partition coefficient (Wildman–Crippen LogP) is 3.45. The number of rotatable bonds is 2. The molecular formula is C17H21N5. The number of fused-ring (bicyclic) bond motifs is 2. The third-order valence-electron chi connectivity index (χ3n) is 5.52. The van der Waals surface area contributed by atoms with Crippen LogP contribution in [0, 0.1) is 5.92 Å². The van der Waals surface area contributed by atoms with Crippen LogP contribution in [0.5, 0.6) is 0 Å². The molecule has 0 unspecified atom stereocenters. The number of nitrogens with zero attached hydrogens (tertiary/aromatic N) is 5. The number of benzene rings is 1. The molecule has 0 N–H and O–H groups in total. The molecule has 4 rings (SSSR count). The van der Waals surface area contributed by atoms with Gasteiger partial charge in [-0.1, -0.05) is 17.2 Å². The second-order valence-corrected chi connectivity index (χ2v) is 6.84. The van der Waals surface area contributed by atoms with Crippen molar-refractivity contribution in [2.75, 3.05) is 20.1 Å². The van der Waals surface area contributed by atoms with E-state index in [1.54, 1.807) is 0 Å². The van der Waals surface area contributed by atoms with Gasteiger partial charge in [0, 0.05) is 54.1 Å². The van der Waals surface area contributed by atoms with Crippen molar-refractivity contribution in [3.63, 3.8) is 0 Å². The summed E-state index contributed by atoms with van der Waals surface area (Å²) >= 11 is 0. The van der Waals surface area contributed by atoms with Crippen molar-refractivity contribution in [1.29, 1.82) is 0 Å². The Hall–Kier alpha value is -1.97. The lowest BCUT2D eigenvalue weighted by Gasteiger charge is -2.45. The summed E-state index contributed by atoms with van der Waals surface area (Å²) in [5.41, 5.74) is 12.9. The maximum absolute atomic E-state index is 8.59. The SMILES string of the molecule is CN1C[C@H](CN=[N+]=[N-])C[C@@H]2c3cccc4c3c(cn4C)C[C@H]21. The Labute approximate surface area is 130 Å². The molecule has 2 aliphatic rings. The second kappa shape index (κ2) is 5.04. The summed E-state index contributed by atoms with van der Waals surface area (Å²) in [6.07, 6.45) is 4.55. The van der Waals surface area contributed by atoms with Crippen molar-refractivity contribution in [3.8, 4) is 0 Å². The average molecular weight is 295 g/mol. The number of likely N-dealkylation sites (N-methyl/N-ethyl adjacent to an activating group) is 1. The van der Waals surface area contributed by atoms with E-state index in [-0.39, 0.29) is 0 Å². The average Bonchev–Trinajstić information content (AvgIpc) is 2.84. The lowest BCUT2D eigenvalue weighted by atomic mass is 9.72. The molecule has 5 heteroatoms. The number of hydrogen-bond donors (Lipinski definition) is 0. The van der Waals surface area contributed by atoms with Crippen LogP contribution in [0.3, 0.4) is 0 Å². The predicted molar refractivity (Wildman–Crippen MR) is 87.9 cm³/mol. The number of piperidine rings is 1. The molecule has 2 aromatic rings. The van der Waals surface area contributed by atoms with Gasteiger partial charge in [-0.2, -0.15) is 0 Å². The van der Waals surface area contributed by atoms with Crippen molar-refractivity contribution in [1.82, 2.24) is 9.47 Å². The molecule has 1 saturated heterocycles.